The normalized spacial score (nSPS) is 20.1. The highest BCUT2D eigenvalue weighted by molar-refractivity contribution is 5.86. The summed E-state index contributed by atoms with van der Waals surface area (Å²) in [7, 11) is 0. The monoisotopic (exact) mass is 226 g/mol. The van der Waals surface area contributed by atoms with Gasteiger partial charge in [-0.2, -0.15) is 0 Å². The van der Waals surface area contributed by atoms with Gasteiger partial charge >= 0.3 is 0 Å². The quantitative estimate of drug-likeness (QED) is 0.741. The van der Waals surface area contributed by atoms with Crippen molar-refractivity contribution in [2.45, 2.75) is 20.3 Å². The summed E-state index contributed by atoms with van der Waals surface area (Å²) in [4.78, 5) is 7.01. The van der Waals surface area contributed by atoms with E-state index in [2.05, 4.69) is 48.0 Å². The molecule has 17 heavy (non-hydrogen) atoms. The SMILES string of the molecule is Cc1cccc2cc(N3CC[C@H](C)C3)ncc12. The lowest BCUT2D eigenvalue weighted by Crippen LogP contribution is -2.20. The Kier molecular flexibility index (Phi) is 2.50. The van der Waals surface area contributed by atoms with Crippen LogP contribution < -0.4 is 4.90 Å². The molecular weight excluding hydrogens is 208 g/mol. The predicted octanol–water partition coefficient (Wildman–Crippen LogP) is 3.39. The molecule has 0 spiro atoms. The van der Waals surface area contributed by atoms with Crippen LogP contribution in [0.5, 0.6) is 0 Å². The lowest BCUT2D eigenvalue weighted by Gasteiger charge is -2.17. The van der Waals surface area contributed by atoms with Gasteiger partial charge in [-0.1, -0.05) is 25.1 Å². The fourth-order valence-corrected chi connectivity index (χ4v) is 2.63. The Bertz CT molecular complexity index is 548. The molecule has 2 nitrogen and oxygen atoms in total. The molecular formula is C15H18N2. The molecule has 2 aromatic rings. The molecule has 1 aromatic carbocycles. The molecule has 0 aliphatic carbocycles. The molecule has 1 fully saturated rings. The van der Waals surface area contributed by atoms with Gasteiger partial charge in [0.25, 0.3) is 0 Å². The summed E-state index contributed by atoms with van der Waals surface area (Å²) in [6, 6.07) is 8.66. The maximum atomic E-state index is 4.61. The van der Waals surface area contributed by atoms with Crippen LogP contribution in [0.3, 0.4) is 0 Å². The lowest BCUT2D eigenvalue weighted by molar-refractivity contribution is 0.659. The summed E-state index contributed by atoms with van der Waals surface area (Å²) >= 11 is 0. The molecule has 0 saturated carbocycles. The van der Waals surface area contributed by atoms with E-state index in [1.807, 2.05) is 6.20 Å². The summed E-state index contributed by atoms with van der Waals surface area (Å²) < 4.78 is 0. The third-order valence-corrected chi connectivity index (χ3v) is 3.72. The minimum absolute atomic E-state index is 0.796. The van der Waals surface area contributed by atoms with Gasteiger partial charge in [0.05, 0.1) is 0 Å². The Morgan fingerprint density at radius 3 is 3.00 bits per heavy atom. The van der Waals surface area contributed by atoms with Crippen molar-refractivity contribution in [1.29, 1.82) is 0 Å². The first-order valence-corrected chi connectivity index (χ1v) is 6.34. The van der Waals surface area contributed by atoms with Crippen LogP contribution in [-0.2, 0) is 0 Å². The van der Waals surface area contributed by atoms with E-state index >= 15 is 0 Å². The number of hydrogen-bond acceptors (Lipinski definition) is 2. The molecule has 2 heteroatoms. The van der Waals surface area contributed by atoms with Crippen molar-refractivity contribution < 1.29 is 0 Å². The molecule has 0 unspecified atom stereocenters. The van der Waals surface area contributed by atoms with Crippen molar-refractivity contribution in [2.75, 3.05) is 18.0 Å². The Morgan fingerprint density at radius 1 is 1.35 bits per heavy atom. The van der Waals surface area contributed by atoms with Gasteiger partial charge < -0.3 is 4.90 Å². The van der Waals surface area contributed by atoms with Crippen molar-refractivity contribution in [1.82, 2.24) is 4.98 Å². The fraction of sp³-hybridized carbons (Fsp3) is 0.400. The average Bonchev–Trinajstić information content (AvgIpc) is 2.76. The molecule has 2 heterocycles. The molecule has 0 bridgehead atoms. The minimum atomic E-state index is 0.796. The largest absolute Gasteiger partial charge is 0.356 e. The molecule has 88 valence electrons. The van der Waals surface area contributed by atoms with E-state index in [-0.39, 0.29) is 0 Å². The zero-order chi connectivity index (χ0) is 11.8. The minimum Gasteiger partial charge on any atom is -0.356 e. The van der Waals surface area contributed by atoms with Crippen LogP contribution in [0, 0.1) is 12.8 Å². The van der Waals surface area contributed by atoms with Gasteiger partial charge in [-0.3, -0.25) is 0 Å². The second-order valence-electron chi connectivity index (χ2n) is 5.18. The number of benzene rings is 1. The molecule has 0 N–H and O–H groups in total. The molecule has 3 rings (SSSR count). The van der Waals surface area contributed by atoms with Crippen LogP contribution in [0.15, 0.2) is 30.5 Å². The van der Waals surface area contributed by atoms with Crippen molar-refractivity contribution in [3.8, 4) is 0 Å². The topological polar surface area (TPSA) is 16.1 Å². The molecule has 1 atom stereocenters. The summed E-state index contributed by atoms with van der Waals surface area (Å²) in [6.07, 6.45) is 3.30. The Morgan fingerprint density at radius 2 is 2.24 bits per heavy atom. The molecule has 1 saturated heterocycles. The van der Waals surface area contributed by atoms with Gasteiger partial charge in [-0.25, -0.2) is 4.98 Å². The zero-order valence-corrected chi connectivity index (χ0v) is 10.5. The van der Waals surface area contributed by atoms with Crippen molar-refractivity contribution in [3.63, 3.8) is 0 Å². The fourth-order valence-electron chi connectivity index (χ4n) is 2.63. The highest BCUT2D eigenvalue weighted by Crippen LogP contribution is 2.25. The Hall–Kier alpha value is -1.57. The molecule has 1 aliphatic heterocycles. The summed E-state index contributed by atoms with van der Waals surface area (Å²) in [5, 5.41) is 2.57. The molecule has 0 radical (unpaired) electrons. The van der Waals surface area contributed by atoms with Gasteiger partial charge in [0.2, 0.25) is 0 Å². The lowest BCUT2D eigenvalue weighted by atomic mass is 10.1. The Labute approximate surface area is 102 Å². The van der Waals surface area contributed by atoms with Gasteiger partial charge in [0.1, 0.15) is 5.82 Å². The number of aryl methyl sites for hydroxylation is 1. The standard InChI is InChI=1S/C15H18N2/c1-11-6-7-17(10-11)15-8-13-5-3-4-12(2)14(13)9-16-15/h3-5,8-9,11H,6-7,10H2,1-2H3/t11-/m0/s1. The highest BCUT2D eigenvalue weighted by atomic mass is 15.2. The third-order valence-electron chi connectivity index (χ3n) is 3.72. The second-order valence-corrected chi connectivity index (χ2v) is 5.18. The number of fused-ring (bicyclic) bond motifs is 1. The van der Waals surface area contributed by atoms with Crippen LogP contribution in [-0.4, -0.2) is 18.1 Å². The van der Waals surface area contributed by atoms with E-state index in [1.165, 1.54) is 22.8 Å². The van der Waals surface area contributed by atoms with Crippen molar-refractivity contribution in [2.24, 2.45) is 5.92 Å². The van der Waals surface area contributed by atoms with Crippen LogP contribution in [0.2, 0.25) is 0 Å². The third kappa shape index (κ3) is 1.88. The number of aromatic nitrogens is 1. The van der Waals surface area contributed by atoms with Gasteiger partial charge in [0.15, 0.2) is 0 Å². The summed E-state index contributed by atoms with van der Waals surface area (Å²) in [6.45, 7) is 6.74. The van der Waals surface area contributed by atoms with E-state index in [0.717, 1.165) is 24.8 Å². The van der Waals surface area contributed by atoms with Crippen LogP contribution in [0.4, 0.5) is 5.82 Å². The Balaban J connectivity index is 2.02. The van der Waals surface area contributed by atoms with Gasteiger partial charge in [-0.15, -0.1) is 0 Å². The van der Waals surface area contributed by atoms with Crippen molar-refractivity contribution in [3.05, 3.63) is 36.0 Å². The number of rotatable bonds is 1. The van der Waals surface area contributed by atoms with E-state index in [9.17, 15) is 0 Å². The number of pyridine rings is 1. The van der Waals surface area contributed by atoms with Crippen LogP contribution in [0.25, 0.3) is 10.8 Å². The van der Waals surface area contributed by atoms with Gasteiger partial charge in [0, 0.05) is 24.7 Å². The summed E-state index contributed by atoms with van der Waals surface area (Å²) in [5.41, 5.74) is 1.30. The van der Waals surface area contributed by atoms with E-state index in [4.69, 9.17) is 0 Å². The summed E-state index contributed by atoms with van der Waals surface area (Å²) in [5.74, 6) is 1.93. The van der Waals surface area contributed by atoms with E-state index in [0.29, 0.717) is 0 Å². The molecule has 0 amide bonds. The van der Waals surface area contributed by atoms with Crippen LogP contribution in [0.1, 0.15) is 18.9 Å². The molecule has 1 aromatic heterocycles. The predicted molar refractivity (Wildman–Crippen MR) is 72.5 cm³/mol. The van der Waals surface area contributed by atoms with Crippen LogP contribution >= 0.6 is 0 Å². The highest BCUT2D eigenvalue weighted by Gasteiger charge is 2.19. The van der Waals surface area contributed by atoms with Gasteiger partial charge in [-0.05, 0) is 36.3 Å². The number of nitrogens with zero attached hydrogens (tertiary/aromatic N) is 2. The number of hydrogen-bond donors (Lipinski definition) is 0. The number of anilines is 1. The smallest absolute Gasteiger partial charge is 0.129 e. The second kappa shape index (κ2) is 4.02. The first kappa shape index (κ1) is 10.6. The first-order chi connectivity index (χ1) is 8.24. The van der Waals surface area contributed by atoms with E-state index in [1.54, 1.807) is 0 Å². The molecule has 1 aliphatic rings. The zero-order valence-electron chi connectivity index (χ0n) is 10.5. The van der Waals surface area contributed by atoms with E-state index < -0.39 is 0 Å². The maximum absolute atomic E-state index is 4.61. The first-order valence-electron chi connectivity index (χ1n) is 6.34. The maximum Gasteiger partial charge on any atom is 0.129 e. The van der Waals surface area contributed by atoms with Crippen molar-refractivity contribution >= 4 is 16.6 Å². The average molecular weight is 226 g/mol.